The van der Waals surface area contributed by atoms with E-state index in [1.165, 1.54) is 11.5 Å². The number of aromatic nitrogens is 1. The van der Waals surface area contributed by atoms with Crippen LogP contribution in [-0.4, -0.2) is 22.4 Å². The minimum absolute atomic E-state index is 0.130. The molecule has 0 spiro atoms. The molecule has 0 atom stereocenters. The molecule has 1 aromatic carbocycles. The summed E-state index contributed by atoms with van der Waals surface area (Å²) in [6.45, 7) is 1.38. The molecule has 0 radical (unpaired) electrons. The average molecular weight is 350 g/mol. The van der Waals surface area contributed by atoms with Crippen LogP contribution in [0.1, 0.15) is 51.7 Å². The van der Waals surface area contributed by atoms with Gasteiger partial charge >= 0.3 is 6.03 Å². The highest BCUT2D eigenvalue weighted by Gasteiger charge is 2.27. The molecular weight excluding hydrogens is 332 g/mol. The third-order valence-corrected chi connectivity index (χ3v) is 4.39. The van der Waals surface area contributed by atoms with E-state index >= 15 is 0 Å². The molecule has 7 heteroatoms. The molecule has 1 aliphatic carbocycles. The Kier molecular flexibility index (Phi) is 4.85. The van der Waals surface area contributed by atoms with Crippen molar-refractivity contribution in [2.75, 3.05) is 5.32 Å². The lowest BCUT2D eigenvalue weighted by Gasteiger charge is -2.14. The summed E-state index contributed by atoms with van der Waals surface area (Å²) in [5, 5.41) is 14.3. The summed E-state index contributed by atoms with van der Waals surface area (Å²) >= 11 is 0. The molecule has 0 bridgehead atoms. The lowest BCUT2D eigenvalue weighted by Crippen LogP contribution is -2.35. The summed E-state index contributed by atoms with van der Waals surface area (Å²) in [4.78, 5) is 36.5. The molecule has 1 heterocycles. The average Bonchev–Trinajstić information content (AvgIpc) is 2.95. The monoisotopic (exact) mass is 350 g/mol. The van der Waals surface area contributed by atoms with E-state index in [0.29, 0.717) is 18.4 Å². The van der Waals surface area contributed by atoms with Crippen LogP contribution in [0.3, 0.4) is 0 Å². The van der Waals surface area contributed by atoms with Crippen molar-refractivity contribution in [3.05, 3.63) is 52.7 Å². The van der Waals surface area contributed by atoms with E-state index in [-0.39, 0.29) is 17.3 Å². The normalized spacial score (nSPS) is 12.6. The van der Waals surface area contributed by atoms with Gasteiger partial charge in [-0.2, -0.15) is 5.26 Å². The zero-order chi connectivity index (χ0) is 18.7. The second kappa shape index (κ2) is 7.23. The molecule has 3 amide bonds. The molecule has 0 aliphatic heterocycles. The molecule has 26 heavy (non-hydrogen) atoms. The first-order valence-corrected chi connectivity index (χ1v) is 8.37. The number of fused-ring (bicyclic) bond motifs is 1. The molecule has 0 unspecified atom stereocenters. The molecule has 2 aromatic rings. The Bertz CT molecular complexity index is 922. The van der Waals surface area contributed by atoms with E-state index in [1.54, 1.807) is 30.3 Å². The highest BCUT2D eigenvalue weighted by Crippen LogP contribution is 2.32. The van der Waals surface area contributed by atoms with Crippen molar-refractivity contribution in [3.8, 4) is 6.07 Å². The first-order chi connectivity index (χ1) is 12.5. The molecule has 132 valence electrons. The van der Waals surface area contributed by atoms with Gasteiger partial charge < -0.3 is 0 Å². The fourth-order valence-corrected chi connectivity index (χ4v) is 3.29. The van der Waals surface area contributed by atoms with E-state index in [0.717, 1.165) is 24.1 Å². The number of anilines is 1. The van der Waals surface area contributed by atoms with E-state index in [4.69, 9.17) is 0 Å². The van der Waals surface area contributed by atoms with Crippen LogP contribution >= 0.6 is 0 Å². The number of nitriles is 1. The summed E-state index contributed by atoms with van der Waals surface area (Å²) in [6.07, 6.45) is 3.22. The zero-order valence-electron chi connectivity index (χ0n) is 14.3. The van der Waals surface area contributed by atoms with Crippen LogP contribution < -0.4 is 10.6 Å². The second-order valence-corrected chi connectivity index (χ2v) is 6.10. The Labute approximate surface area is 150 Å². The van der Waals surface area contributed by atoms with Gasteiger partial charge in [0, 0.05) is 18.2 Å². The van der Waals surface area contributed by atoms with E-state index in [1.807, 2.05) is 0 Å². The third kappa shape index (κ3) is 3.22. The highest BCUT2D eigenvalue weighted by molar-refractivity contribution is 6.08. The number of hydrogen-bond donors (Lipinski definition) is 2. The van der Waals surface area contributed by atoms with Crippen molar-refractivity contribution < 1.29 is 14.4 Å². The van der Waals surface area contributed by atoms with Gasteiger partial charge in [-0.25, -0.2) is 4.79 Å². The summed E-state index contributed by atoms with van der Waals surface area (Å²) in [7, 11) is 0. The topological polar surface area (TPSA) is 104 Å². The lowest BCUT2D eigenvalue weighted by atomic mass is 9.95. The van der Waals surface area contributed by atoms with Crippen LogP contribution in [0.2, 0.25) is 0 Å². The van der Waals surface area contributed by atoms with E-state index < -0.39 is 11.9 Å². The number of carbonyl (C=O) groups excluding carboxylic acids is 3. The predicted molar refractivity (Wildman–Crippen MR) is 95.0 cm³/mol. The summed E-state index contributed by atoms with van der Waals surface area (Å²) in [6, 6.07) is 9.62. The van der Waals surface area contributed by atoms with Crippen molar-refractivity contribution >= 4 is 23.7 Å². The van der Waals surface area contributed by atoms with Crippen molar-refractivity contribution in [1.29, 1.82) is 5.26 Å². The Morgan fingerprint density at radius 1 is 1.12 bits per heavy atom. The van der Waals surface area contributed by atoms with E-state index in [9.17, 15) is 19.6 Å². The molecule has 2 N–H and O–H groups in total. The fraction of sp³-hybridized carbons (Fsp3) is 0.263. The largest absolute Gasteiger partial charge is 0.327 e. The first-order valence-electron chi connectivity index (χ1n) is 8.37. The number of nitrogens with one attached hydrogen (secondary N) is 2. The van der Waals surface area contributed by atoms with Crippen LogP contribution in [0.5, 0.6) is 0 Å². The predicted octanol–water partition coefficient (Wildman–Crippen LogP) is 2.86. The second-order valence-electron chi connectivity index (χ2n) is 6.10. The van der Waals surface area contributed by atoms with Gasteiger partial charge in [0.1, 0.15) is 11.9 Å². The summed E-state index contributed by atoms with van der Waals surface area (Å²) < 4.78 is 1.37. The molecule has 7 nitrogen and oxygen atoms in total. The molecule has 0 saturated carbocycles. The van der Waals surface area contributed by atoms with Gasteiger partial charge in [-0.3, -0.25) is 24.8 Å². The Hall–Kier alpha value is -3.40. The van der Waals surface area contributed by atoms with Gasteiger partial charge in [0.2, 0.25) is 5.91 Å². The number of nitrogens with zero attached hydrogens (tertiary/aromatic N) is 2. The quantitative estimate of drug-likeness (QED) is 0.869. The third-order valence-electron chi connectivity index (χ3n) is 4.39. The number of amides is 3. The lowest BCUT2D eigenvalue weighted by molar-refractivity contribution is 0.0934. The molecular formula is C19H18N4O3. The minimum Gasteiger partial charge on any atom is -0.292 e. The van der Waals surface area contributed by atoms with Crippen molar-refractivity contribution in [3.63, 3.8) is 0 Å². The maximum Gasteiger partial charge on any atom is 0.327 e. The smallest absolute Gasteiger partial charge is 0.292 e. The minimum atomic E-state index is -0.785. The Morgan fingerprint density at radius 2 is 1.81 bits per heavy atom. The number of carbonyl (C=O) groups is 3. The maximum atomic E-state index is 12.3. The summed E-state index contributed by atoms with van der Waals surface area (Å²) in [5.74, 6) is -0.716. The van der Waals surface area contributed by atoms with Crippen LogP contribution in [0, 0.1) is 11.3 Å². The van der Waals surface area contributed by atoms with Gasteiger partial charge in [0.25, 0.3) is 5.91 Å². The van der Waals surface area contributed by atoms with Crippen molar-refractivity contribution in [2.24, 2.45) is 0 Å². The zero-order valence-corrected chi connectivity index (χ0v) is 14.3. The number of benzene rings is 1. The molecule has 1 aromatic heterocycles. The first kappa shape index (κ1) is 17.4. The van der Waals surface area contributed by atoms with Crippen LogP contribution in [0.25, 0.3) is 0 Å². The van der Waals surface area contributed by atoms with Crippen LogP contribution in [0.15, 0.2) is 30.3 Å². The van der Waals surface area contributed by atoms with Gasteiger partial charge in [0.05, 0.1) is 5.56 Å². The maximum absolute atomic E-state index is 12.3. The van der Waals surface area contributed by atoms with Crippen molar-refractivity contribution in [1.82, 2.24) is 9.88 Å². The van der Waals surface area contributed by atoms with Gasteiger partial charge in [-0.15, -0.1) is 0 Å². The van der Waals surface area contributed by atoms with Crippen LogP contribution in [0.4, 0.5) is 10.6 Å². The van der Waals surface area contributed by atoms with E-state index in [2.05, 4.69) is 16.7 Å². The SMILES string of the molecule is CC(=O)n1c2c(c(C#N)c1NC(=O)NC(=O)c1ccccc1)CCCC2. The molecule has 3 rings (SSSR count). The number of hydrogen-bond acceptors (Lipinski definition) is 4. The van der Waals surface area contributed by atoms with Gasteiger partial charge in [-0.1, -0.05) is 18.2 Å². The van der Waals surface area contributed by atoms with Gasteiger partial charge in [-0.05, 0) is 43.4 Å². The van der Waals surface area contributed by atoms with Crippen LogP contribution in [-0.2, 0) is 12.8 Å². The number of imide groups is 1. The highest BCUT2D eigenvalue weighted by atomic mass is 16.2. The van der Waals surface area contributed by atoms with Gasteiger partial charge in [0.15, 0.2) is 0 Å². The Morgan fingerprint density at radius 3 is 2.46 bits per heavy atom. The fourth-order valence-electron chi connectivity index (χ4n) is 3.29. The molecule has 0 saturated heterocycles. The molecule has 1 aliphatic rings. The van der Waals surface area contributed by atoms with Crippen molar-refractivity contribution in [2.45, 2.75) is 32.6 Å². The summed E-state index contributed by atoms with van der Waals surface area (Å²) in [5.41, 5.74) is 2.20. The number of urea groups is 1. The standard InChI is InChI=1S/C19H18N4O3/c1-12(24)23-16-10-6-5-9-14(16)15(11-20)17(23)21-19(26)22-18(25)13-7-3-2-4-8-13/h2-4,7-8H,5-6,9-10H2,1H3,(H2,21,22,25,26). The molecule has 0 fully saturated rings. The number of rotatable bonds is 2. The Balaban J connectivity index is 1.88.